The summed E-state index contributed by atoms with van der Waals surface area (Å²) in [5.74, 6) is -0.146. The molecule has 5 nitrogen and oxygen atoms in total. The molecular weight excluding hydrogens is 405 g/mol. The van der Waals surface area contributed by atoms with E-state index in [2.05, 4.69) is 16.9 Å². The highest BCUT2D eigenvalue weighted by Crippen LogP contribution is 2.43. The van der Waals surface area contributed by atoms with Crippen molar-refractivity contribution in [3.8, 4) is 16.9 Å². The fraction of sp³-hybridized carbons (Fsp3) is 0.308. The number of ether oxygens (including phenoxy) is 1. The van der Waals surface area contributed by atoms with E-state index >= 15 is 4.39 Å². The molecule has 3 N–H and O–H groups in total. The number of fused-ring (bicyclic) bond motifs is 3. The number of aromatic amines is 1. The topological polar surface area (TPSA) is 81.0 Å². The number of halogens is 1. The number of nitrogens with one attached hydrogen (secondary N) is 1. The maximum Gasteiger partial charge on any atom is 0.258 e. The quantitative estimate of drug-likeness (QED) is 0.409. The van der Waals surface area contributed by atoms with Crippen LogP contribution in [0.3, 0.4) is 0 Å². The van der Waals surface area contributed by atoms with Crippen LogP contribution in [0.5, 0.6) is 5.75 Å². The van der Waals surface area contributed by atoms with Gasteiger partial charge in [-0.2, -0.15) is 0 Å². The molecule has 32 heavy (non-hydrogen) atoms. The zero-order chi connectivity index (χ0) is 23.6. The number of benzene rings is 2. The molecule has 0 aliphatic rings. The average molecular weight is 436 g/mol. The number of methoxy groups -OCH3 is 1. The summed E-state index contributed by atoms with van der Waals surface area (Å²) in [5, 5.41) is 1.16. The van der Waals surface area contributed by atoms with Gasteiger partial charge in [0, 0.05) is 22.7 Å². The smallest absolute Gasteiger partial charge is 0.258 e. The highest BCUT2D eigenvalue weighted by atomic mass is 19.1. The van der Waals surface area contributed by atoms with E-state index < -0.39 is 5.82 Å². The van der Waals surface area contributed by atoms with Crippen molar-refractivity contribution < 1.29 is 9.13 Å². The van der Waals surface area contributed by atoms with Gasteiger partial charge in [0.1, 0.15) is 0 Å². The maximum atomic E-state index is 15.3. The molecule has 2 aromatic heterocycles. The van der Waals surface area contributed by atoms with Gasteiger partial charge in [0.15, 0.2) is 11.6 Å². The minimum absolute atomic E-state index is 0.135. The van der Waals surface area contributed by atoms with E-state index in [-0.39, 0.29) is 17.2 Å². The lowest BCUT2D eigenvalue weighted by molar-refractivity contribution is 0.388. The van der Waals surface area contributed by atoms with Gasteiger partial charge < -0.3 is 15.5 Å². The Bertz CT molecular complexity index is 1330. The zero-order valence-electron chi connectivity index (χ0n) is 19.5. The molecule has 2 aromatic carbocycles. The lowest BCUT2D eigenvalue weighted by atomic mass is 9.92. The second kappa shape index (κ2) is 9.49. The third kappa shape index (κ3) is 3.75. The predicted molar refractivity (Wildman–Crippen MR) is 130 cm³/mol. The molecule has 0 aliphatic carbocycles. The van der Waals surface area contributed by atoms with Crippen molar-refractivity contribution in [3.63, 3.8) is 0 Å². The normalized spacial score (nSPS) is 11.9. The Hall–Kier alpha value is -3.25. The van der Waals surface area contributed by atoms with Gasteiger partial charge in [-0.1, -0.05) is 45.0 Å². The number of hydrogen-bond acceptors (Lipinski definition) is 4. The van der Waals surface area contributed by atoms with Crippen molar-refractivity contribution in [2.75, 3.05) is 13.7 Å². The molecule has 0 amide bonds. The van der Waals surface area contributed by atoms with Crippen LogP contribution in [-0.4, -0.2) is 23.6 Å². The molecule has 0 saturated carbocycles. The van der Waals surface area contributed by atoms with Gasteiger partial charge in [-0.05, 0) is 49.1 Å². The Kier molecular flexibility index (Phi) is 6.94. The second-order valence-corrected chi connectivity index (χ2v) is 7.66. The van der Waals surface area contributed by atoms with Crippen LogP contribution >= 0.6 is 0 Å². The molecule has 6 heteroatoms. The number of H-pyrrole nitrogens is 1. The van der Waals surface area contributed by atoms with Crippen LogP contribution < -0.4 is 16.0 Å². The van der Waals surface area contributed by atoms with Crippen molar-refractivity contribution in [3.05, 3.63) is 69.4 Å². The first-order valence-corrected chi connectivity index (χ1v) is 10.9. The van der Waals surface area contributed by atoms with Gasteiger partial charge in [0.25, 0.3) is 5.56 Å². The summed E-state index contributed by atoms with van der Waals surface area (Å²) < 4.78 is 20.8. The molecule has 168 valence electrons. The fourth-order valence-electron chi connectivity index (χ4n) is 4.00. The molecular formula is C26H30FN3O2. The third-order valence-corrected chi connectivity index (χ3v) is 5.82. The number of rotatable bonds is 4. The molecule has 2 heterocycles. The minimum Gasteiger partial charge on any atom is -0.493 e. The molecule has 4 rings (SSSR count). The van der Waals surface area contributed by atoms with Crippen LogP contribution in [0.2, 0.25) is 0 Å². The van der Waals surface area contributed by atoms with Crippen LogP contribution in [0.15, 0.2) is 41.3 Å². The molecule has 1 atom stereocenters. The fourth-order valence-corrected chi connectivity index (χ4v) is 4.00. The highest BCUT2D eigenvalue weighted by molar-refractivity contribution is 6.13. The average Bonchev–Trinajstić information content (AvgIpc) is 2.82. The van der Waals surface area contributed by atoms with Crippen molar-refractivity contribution in [1.29, 1.82) is 0 Å². The van der Waals surface area contributed by atoms with Crippen LogP contribution in [0, 0.1) is 19.7 Å². The van der Waals surface area contributed by atoms with Crippen molar-refractivity contribution in [2.24, 2.45) is 5.73 Å². The summed E-state index contributed by atoms with van der Waals surface area (Å²) in [6.07, 6.45) is 1.66. The number of nitrogens with two attached hydrogens (primary N) is 1. The van der Waals surface area contributed by atoms with Crippen molar-refractivity contribution in [1.82, 2.24) is 9.97 Å². The Labute approximate surface area is 187 Å². The molecule has 1 unspecified atom stereocenters. The van der Waals surface area contributed by atoms with Crippen LogP contribution in [-0.2, 0) is 0 Å². The SMILES string of the molecule is CC.COc1c(F)c(C)c2[nH]c(=O)c3c(C)ccnc3c2c1-c1ccc(C(C)CN)cc1. The van der Waals surface area contributed by atoms with E-state index in [0.29, 0.717) is 39.5 Å². The van der Waals surface area contributed by atoms with E-state index in [1.54, 1.807) is 19.2 Å². The van der Waals surface area contributed by atoms with Gasteiger partial charge in [-0.25, -0.2) is 4.39 Å². The van der Waals surface area contributed by atoms with Crippen LogP contribution in [0.1, 0.15) is 43.4 Å². The first kappa shape index (κ1) is 23.4. The largest absolute Gasteiger partial charge is 0.493 e. The van der Waals surface area contributed by atoms with Crippen molar-refractivity contribution >= 4 is 21.8 Å². The predicted octanol–water partition coefficient (Wildman–Crippen LogP) is 5.60. The number of pyridine rings is 2. The molecule has 0 fully saturated rings. The molecule has 0 spiro atoms. The molecule has 0 aliphatic heterocycles. The van der Waals surface area contributed by atoms with Crippen LogP contribution in [0.25, 0.3) is 32.9 Å². The van der Waals surface area contributed by atoms with Gasteiger partial charge in [0.2, 0.25) is 0 Å². The van der Waals surface area contributed by atoms with E-state index in [0.717, 1.165) is 16.7 Å². The van der Waals surface area contributed by atoms with Gasteiger partial charge in [-0.3, -0.25) is 9.78 Å². The summed E-state index contributed by atoms with van der Waals surface area (Å²) in [4.78, 5) is 20.2. The Balaban J connectivity index is 0.00000141. The summed E-state index contributed by atoms with van der Waals surface area (Å²) in [6, 6.07) is 9.63. The molecule has 0 saturated heterocycles. The first-order chi connectivity index (χ1) is 15.4. The molecule has 0 radical (unpaired) electrons. The Morgan fingerprint density at radius 3 is 2.38 bits per heavy atom. The Morgan fingerprint density at radius 1 is 1.12 bits per heavy atom. The van der Waals surface area contributed by atoms with E-state index in [1.807, 2.05) is 45.0 Å². The third-order valence-electron chi connectivity index (χ3n) is 5.82. The summed E-state index contributed by atoms with van der Waals surface area (Å²) in [6.45, 7) is 10.1. The van der Waals surface area contributed by atoms with E-state index in [4.69, 9.17) is 10.5 Å². The van der Waals surface area contributed by atoms with Gasteiger partial charge >= 0.3 is 0 Å². The lowest BCUT2D eigenvalue weighted by Gasteiger charge is -2.18. The van der Waals surface area contributed by atoms with E-state index in [9.17, 15) is 4.79 Å². The summed E-state index contributed by atoms with van der Waals surface area (Å²) in [5.41, 5.74) is 10.0. The first-order valence-electron chi connectivity index (χ1n) is 10.9. The zero-order valence-corrected chi connectivity index (χ0v) is 19.5. The Morgan fingerprint density at radius 2 is 1.78 bits per heavy atom. The monoisotopic (exact) mass is 435 g/mol. The summed E-state index contributed by atoms with van der Waals surface area (Å²) in [7, 11) is 1.45. The standard InChI is InChI=1S/C24H24FN3O2.C2H6/c1-12-9-10-27-22-17(12)24(29)28-21-14(3)20(25)23(30-4)18(19(21)22)16-7-5-15(6-8-16)13(2)11-26;1-2/h5-10,13H,11,26H2,1-4H3,(H,28,29);1-2H3. The molecule has 4 aromatic rings. The lowest BCUT2D eigenvalue weighted by Crippen LogP contribution is -2.11. The van der Waals surface area contributed by atoms with E-state index in [1.165, 1.54) is 7.11 Å². The van der Waals surface area contributed by atoms with Crippen LogP contribution in [0.4, 0.5) is 4.39 Å². The second-order valence-electron chi connectivity index (χ2n) is 7.66. The molecule has 0 bridgehead atoms. The highest BCUT2D eigenvalue weighted by Gasteiger charge is 2.23. The number of hydrogen-bond donors (Lipinski definition) is 2. The number of aryl methyl sites for hydroxylation is 2. The van der Waals surface area contributed by atoms with Crippen molar-refractivity contribution in [2.45, 2.75) is 40.5 Å². The van der Waals surface area contributed by atoms with Gasteiger partial charge in [0.05, 0.1) is 23.5 Å². The van der Waals surface area contributed by atoms with Gasteiger partial charge in [-0.15, -0.1) is 0 Å². The number of nitrogens with zero attached hydrogens (tertiary/aromatic N) is 1. The summed E-state index contributed by atoms with van der Waals surface area (Å²) >= 11 is 0. The minimum atomic E-state index is -0.498. The maximum absolute atomic E-state index is 15.3. The number of aromatic nitrogens is 2.